The van der Waals surface area contributed by atoms with Gasteiger partial charge >= 0.3 is 22.6 Å². The monoisotopic (exact) mass is 300 g/mol. The number of hydrogen-bond donors (Lipinski definition) is 0. The Labute approximate surface area is 128 Å². The summed E-state index contributed by atoms with van der Waals surface area (Å²) in [7, 11) is 0. The second-order valence-corrected chi connectivity index (χ2v) is 3.62. The van der Waals surface area contributed by atoms with Gasteiger partial charge in [-0.2, -0.15) is 0 Å². The second-order valence-electron chi connectivity index (χ2n) is 3.62. The van der Waals surface area contributed by atoms with Crippen molar-refractivity contribution in [3.8, 4) is 11.8 Å². The average molecular weight is 300 g/mol. The van der Waals surface area contributed by atoms with Crippen LogP contribution in [0.4, 0.5) is 0 Å². The van der Waals surface area contributed by atoms with Gasteiger partial charge in [0.25, 0.3) is 0 Å². The molecule has 0 aromatic rings. The molecule has 0 bridgehead atoms. The van der Waals surface area contributed by atoms with Crippen molar-refractivity contribution in [1.82, 2.24) is 0 Å². The van der Waals surface area contributed by atoms with E-state index in [9.17, 15) is 0 Å². The minimum absolute atomic E-state index is 0. The van der Waals surface area contributed by atoms with Crippen LogP contribution in [0.1, 0.15) is 48.5 Å². The summed E-state index contributed by atoms with van der Waals surface area (Å²) >= 11 is 0. The van der Waals surface area contributed by atoms with Crippen molar-refractivity contribution >= 4 is 0 Å². The first-order chi connectivity index (χ1) is 8.47. The molecule has 0 unspecified atom stereocenters. The molecule has 0 fully saturated rings. The molecule has 1 rings (SSSR count). The summed E-state index contributed by atoms with van der Waals surface area (Å²) in [5.41, 5.74) is 5.87. The third-order valence-corrected chi connectivity index (χ3v) is 3.06. The SMILES string of the molecule is CC#CC.C[C]1C(C)=C(C)C(C)=C1C.[C-]#[O+].[C-]#[O+].[Mn]. The molecule has 1 aliphatic rings. The number of allylic oxidation sites excluding steroid dienone is 4. The first kappa shape index (κ1) is 26.6. The maximum Gasteiger partial charge on any atom is 0 e. The van der Waals surface area contributed by atoms with Crippen molar-refractivity contribution in [1.29, 1.82) is 0 Å². The zero-order valence-electron chi connectivity index (χ0n) is 12.7. The van der Waals surface area contributed by atoms with Crippen molar-refractivity contribution in [3.63, 3.8) is 0 Å². The van der Waals surface area contributed by atoms with Gasteiger partial charge < -0.3 is 0 Å². The smallest absolute Gasteiger partial charge is 0 e. The molecule has 104 valence electrons. The van der Waals surface area contributed by atoms with E-state index >= 15 is 0 Å². The normalized spacial score (nSPS) is 12.2. The van der Waals surface area contributed by atoms with Gasteiger partial charge in [-0.25, -0.2) is 0 Å². The van der Waals surface area contributed by atoms with Crippen LogP contribution in [-0.4, -0.2) is 0 Å². The molecule has 0 aliphatic heterocycles. The molecular weight excluding hydrogens is 279 g/mol. The van der Waals surface area contributed by atoms with E-state index in [2.05, 4.69) is 59.8 Å². The molecule has 0 aromatic carbocycles. The maximum atomic E-state index is 7.50. The van der Waals surface area contributed by atoms with E-state index < -0.39 is 0 Å². The molecule has 0 saturated carbocycles. The van der Waals surface area contributed by atoms with Gasteiger partial charge in [0, 0.05) is 23.0 Å². The standard InChI is InChI=1S/C10H15.C4H6.2CO.Mn/c1-6-7(2)9(4)10(5)8(6)3;1-3-4-2;2*1-2;/h1-5H3;1-2H3;;;. The van der Waals surface area contributed by atoms with Gasteiger partial charge in [-0.3, -0.25) is 0 Å². The summed E-state index contributed by atoms with van der Waals surface area (Å²) in [5.74, 6) is 6.83. The molecule has 2 radical (unpaired) electrons. The van der Waals surface area contributed by atoms with Gasteiger partial charge in [-0.15, -0.1) is 11.8 Å². The van der Waals surface area contributed by atoms with Crippen molar-refractivity contribution < 1.29 is 26.4 Å². The summed E-state index contributed by atoms with van der Waals surface area (Å²) in [6.45, 7) is 23.6. The molecular formula is C16H21MnO2. The summed E-state index contributed by atoms with van der Waals surface area (Å²) in [6.07, 6.45) is 0. The van der Waals surface area contributed by atoms with E-state index in [1.165, 1.54) is 28.2 Å². The van der Waals surface area contributed by atoms with E-state index in [1.54, 1.807) is 0 Å². The summed E-state index contributed by atoms with van der Waals surface area (Å²) < 4.78 is 15.0. The maximum absolute atomic E-state index is 7.50. The third kappa shape index (κ3) is 9.60. The average Bonchev–Trinajstić information content (AvgIpc) is 2.61. The third-order valence-electron chi connectivity index (χ3n) is 3.06. The summed E-state index contributed by atoms with van der Waals surface area (Å²) in [6, 6.07) is 0. The first-order valence-corrected chi connectivity index (χ1v) is 5.41. The number of rotatable bonds is 0. The van der Waals surface area contributed by atoms with Crippen LogP contribution in [0.2, 0.25) is 0 Å². The van der Waals surface area contributed by atoms with E-state index in [1.807, 2.05) is 13.8 Å². The Hall–Kier alpha value is -0.961. The summed E-state index contributed by atoms with van der Waals surface area (Å²) in [5, 5.41) is 0. The Morgan fingerprint density at radius 1 is 0.632 bits per heavy atom. The largest absolute Gasteiger partial charge is 0 e. The molecule has 2 nitrogen and oxygen atoms in total. The Balaban J connectivity index is -0.000000107. The predicted molar refractivity (Wildman–Crippen MR) is 72.6 cm³/mol. The van der Waals surface area contributed by atoms with E-state index in [0.29, 0.717) is 0 Å². The molecule has 19 heavy (non-hydrogen) atoms. The molecule has 0 heterocycles. The van der Waals surface area contributed by atoms with Crippen molar-refractivity contribution in [2.24, 2.45) is 0 Å². The van der Waals surface area contributed by atoms with Crippen LogP contribution in [0.25, 0.3) is 0 Å². The first-order valence-electron chi connectivity index (χ1n) is 5.41. The van der Waals surface area contributed by atoms with Crippen molar-refractivity contribution in [2.75, 3.05) is 0 Å². The topological polar surface area (TPSA) is 39.8 Å². The molecule has 0 atom stereocenters. The second kappa shape index (κ2) is 17.0. The van der Waals surface area contributed by atoms with Crippen LogP contribution in [-0.2, 0) is 26.4 Å². The van der Waals surface area contributed by atoms with Crippen LogP contribution in [0, 0.1) is 31.1 Å². The van der Waals surface area contributed by atoms with E-state index in [-0.39, 0.29) is 17.1 Å². The minimum atomic E-state index is 0. The zero-order valence-corrected chi connectivity index (χ0v) is 13.9. The van der Waals surface area contributed by atoms with Gasteiger partial charge in [0.1, 0.15) is 0 Å². The van der Waals surface area contributed by atoms with Crippen molar-refractivity contribution in [3.05, 3.63) is 41.5 Å². The Bertz CT molecular complexity index is 365. The molecule has 0 N–H and O–H groups in total. The number of hydrogen-bond acceptors (Lipinski definition) is 0. The fraction of sp³-hybridized carbons (Fsp3) is 0.438. The molecule has 0 saturated heterocycles. The van der Waals surface area contributed by atoms with Crippen LogP contribution in [0.3, 0.4) is 0 Å². The van der Waals surface area contributed by atoms with Crippen LogP contribution in [0.15, 0.2) is 22.3 Å². The van der Waals surface area contributed by atoms with Gasteiger partial charge in [0.05, 0.1) is 0 Å². The van der Waals surface area contributed by atoms with Gasteiger partial charge in [0.15, 0.2) is 0 Å². The molecule has 3 heteroatoms. The van der Waals surface area contributed by atoms with E-state index in [0.717, 1.165) is 0 Å². The Morgan fingerprint density at radius 3 is 0.895 bits per heavy atom. The Morgan fingerprint density at radius 2 is 0.842 bits per heavy atom. The predicted octanol–water partition coefficient (Wildman–Crippen LogP) is 4.22. The van der Waals surface area contributed by atoms with Gasteiger partial charge in [-0.05, 0) is 52.7 Å². The Kier molecular flexibility index (Phi) is 23.8. The van der Waals surface area contributed by atoms with Gasteiger partial charge in [0.2, 0.25) is 0 Å². The zero-order chi connectivity index (χ0) is 15.3. The molecule has 1 aliphatic carbocycles. The fourth-order valence-corrected chi connectivity index (χ4v) is 1.41. The minimum Gasteiger partial charge on any atom is 0 e. The molecule has 0 aromatic heterocycles. The molecule has 0 spiro atoms. The van der Waals surface area contributed by atoms with Crippen molar-refractivity contribution in [2.45, 2.75) is 48.5 Å². The van der Waals surface area contributed by atoms with Crippen LogP contribution < -0.4 is 0 Å². The van der Waals surface area contributed by atoms with Gasteiger partial charge in [-0.1, -0.05) is 18.1 Å². The van der Waals surface area contributed by atoms with E-state index in [4.69, 9.17) is 9.30 Å². The van der Waals surface area contributed by atoms with Crippen LogP contribution in [0.5, 0.6) is 0 Å². The summed E-state index contributed by atoms with van der Waals surface area (Å²) in [4.78, 5) is 0. The van der Waals surface area contributed by atoms with Crippen LogP contribution >= 0.6 is 0 Å². The molecule has 0 amide bonds. The quantitative estimate of drug-likeness (QED) is 0.278. The fourth-order valence-electron chi connectivity index (χ4n) is 1.41.